The Balaban J connectivity index is 2.35. The molecule has 0 unspecified atom stereocenters. The highest BCUT2D eigenvalue weighted by atomic mass is 35.5. The minimum absolute atomic E-state index is 0.0662. The number of rotatable bonds is 4. The molecule has 0 bridgehead atoms. The lowest BCUT2D eigenvalue weighted by molar-refractivity contribution is 0.477. The topological polar surface area (TPSA) is 84.2 Å². The molecule has 0 saturated heterocycles. The van der Waals surface area contributed by atoms with Crippen LogP contribution in [-0.2, 0) is 10.0 Å². The number of benzene rings is 1. The third-order valence-electron chi connectivity index (χ3n) is 2.73. The highest BCUT2D eigenvalue weighted by Crippen LogP contribution is 2.34. The van der Waals surface area contributed by atoms with Crippen LogP contribution in [0.5, 0.6) is 5.75 Å². The van der Waals surface area contributed by atoms with Crippen LogP contribution in [0.2, 0.25) is 10.0 Å². The van der Waals surface area contributed by atoms with Crippen molar-refractivity contribution < 1.29 is 13.5 Å². The molecular weight excluding hydrogens is 337 g/mol. The number of sulfonamides is 1. The lowest BCUT2D eigenvalue weighted by Crippen LogP contribution is -2.13. The lowest BCUT2D eigenvalue weighted by Gasteiger charge is -2.09. The minimum atomic E-state index is -3.92. The Morgan fingerprint density at radius 1 is 1.29 bits per heavy atom. The van der Waals surface area contributed by atoms with Crippen molar-refractivity contribution in [1.29, 1.82) is 0 Å². The first-order valence-electron chi connectivity index (χ1n) is 5.95. The van der Waals surface area contributed by atoms with Gasteiger partial charge in [0.05, 0.1) is 22.1 Å². The molecule has 2 rings (SSSR count). The molecule has 1 heterocycles. The second-order valence-electron chi connectivity index (χ2n) is 4.64. The SMILES string of the molecule is CC(C)n1cnc(S(=O)(=O)Nc2cc(Cl)c(Cl)cc2O)c1. The van der Waals surface area contributed by atoms with Crippen LogP contribution in [0.15, 0.2) is 29.7 Å². The predicted octanol–water partition coefficient (Wildman–Crippen LogP) is 3.28. The molecule has 9 heteroatoms. The third-order valence-corrected chi connectivity index (χ3v) is 4.70. The zero-order chi connectivity index (χ0) is 15.8. The van der Waals surface area contributed by atoms with Crippen LogP contribution in [0.1, 0.15) is 19.9 Å². The first-order valence-corrected chi connectivity index (χ1v) is 8.19. The molecule has 0 fully saturated rings. The molecule has 0 radical (unpaired) electrons. The normalized spacial score (nSPS) is 11.9. The number of phenolic OH excluding ortho intramolecular Hbond substituents is 1. The van der Waals surface area contributed by atoms with E-state index in [1.165, 1.54) is 18.6 Å². The molecule has 1 aromatic heterocycles. The molecular formula is C12H13Cl2N3O3S. The largest absolute Gasteiger partial charge is 0.506 e. The van der Waals surface area contributed by atoms with Crippen LogP contribution < -0.4 is 4.72 Å². The Kier molecular flexibility index (Phi) is 4.36. The summed E-state index contributed by atoms with van der Waals surface area (Å²) in [6.45, 7) is 3.80. The van der Waals surface area contributed by atoms with E-state index in [0.717, 1.165) is 6.07 Å². The van der Waals surface area contributed by atoms with Crippen molar-refractivity contribution in [3.63, 3.8) is 0 Å². The van der Waals surface area contributed by atoms with Crippen LogP contribution >= 0.6 is 23.2 Å². The van der Waals surface area contributed by atoms with Crippen molar-refractivity contribution in [2.24, 2.45) is 0 Å². The van der Waals surface area contributed by atoms with Crippen molar-refractivity contribution >= 4 is 38.9 Å². The maximum Gasteiger partial charge on any atom is 0.281 e. The molecule has 0 spiro atoms. The number of phenols is 1. The van der Waals surface area contributed by atoms with E-state index in [4.69, 9.17) is 23.2 Å². The summed E-state index contributed by atoms with van der Waals surface area (Å²) in [7, 11) is -3.92. The average Bonchev–Trinajstić information content (AvgIpc) is 2.86. The van der Waals surface area contributed by atoms with Crippen molar-refractivity contribution in [2.45, 2.75) is 24.9 Å². The maximum atomic E-state index is 12.2. The number of nitrogens with zero attached hydrogens (tertiary/aromatic N) is 2. The Morgan fingerprint density at radius 3 is 2.48 bits per heavy atom. The standard InChI is InChI=1S/C12H13Cl2N3O3S/c1-7(2)17-5-12(15-6-17)21(19,20)16-10-3-8(13)9(14)4-11(10)18/h3-7,16,18H,1-2H3. The van der Waals surface area contributed by atoms with Crippen molar-refractivity contribution in [2.75, 3.05) is 4.72 Å². The van der Waals surface area contributed by atoms with Crippen molar-refractivity contribution in [3.8, 4) is 5.75 Å². The maximum absolute atomic E-state index is 12.2. The van der Waals surface area contributed by atoms with Crippen LogP contribution in [0, 0.1) is 0 Å². The highest BCUT2D eigenvalue weighted by molar-refractivity contribution is 7.92. The third kappa shape index (κ3) is 3.42. The first kappa shape index (κ1) is 15.9. The fourth-order valence-corrected chi connectivity index (χ4v) is 2.88. The van der Waals surface area contributed by atoms with Crippen LogP contribution in [0.3, 0.4) is 0 Å². The smallest absolute Gasteiger partial charge is 0.281 e. The summed E-state index contributed by atoms with van der Waals surface area (Å²) in [5.41, 5.74) is -0.0662. The molecule has 0 aliphatic rings. The number of hydrogen-bond acceptors (Lipinski definition) is 4. The molecule has 2 aromatic rings. The zero-order valence-corrected chi connectivity index (χ0v) is 13.5. The fraction of sp³-hybridized carbons (Fsp3) is 0.250. The van der Waals surface area contributed by atoms with Gasteiger partial charge < -0.3 is 9.67 Å². The van der Waals surface area contributed by atoms with Gasteiger partial charge in [-0.1, -0.05) is 23.2 Å². The van der Waals surface area contributed by atoms with Gasteiger partial charge >= 0.3 is 0 Å². The summed E-state index contributed by atoms with van der Waals surface area (Å²) < 4.78 is 28.3. The highest BCUT2D eigenvalue weighted by Gasteiger charge is 2.20. The molecule has 2 N–H and O–H groups in total. The number of hydrogen-bond donors (Lipinski definition) is 2. The summed E-state index contributed by atoms with van der Waals surface area (Å²) in [4.78, 5) is 3.85. The van der Waals surface area contributed by atoms with Gasteiger partial charge in [0.25, 0.3) is 10.0 Å². The number of nitrogens with one attached hydrogen (secondary N) is 1. The van der Waals surface area contributed by atoms with E-state index in [2.05, 4.69) is 9.71 Å². The number of imidazole rings is 1. The van der Waals surface area contributed by atoms with Gasteiger partial charge in [-0.3, -0.25) is 4.72 Å². The molecule has 1 aromatic carbocycles. The molecule has 21 heavy (non-hydrogen) atoms. The monoisotopic (exact) mass is 349 g/mol. The molecule has 0 aliphatic carbocycles. The average molecular weight is 350 g/mol. The number of halogens is 2. The zero-order valence-electron chi connectivity index (χ0n) is 11.2. The van der Waals surface area contributed by atoms with Gasteiger partial charge in [-0.2, -0.15) is 8.42 Å². The molecule has 0 aliphatic heterocycles. The van der Waals surface area contributed by atoms with Crippen LogP contribution in [0.25, 0.3) is 0 Å². The number of aromatic nitrogens is 2. The second-order valence-corrected chi connectivity index (χ2v) is 7.09. The number of anilines is 1. The minimum Gasteiger partial charge on any atom is -0.506 e. The summed E-state index contributed by atoms with van der Waals surface area (Å²) in [6, 6.07) is 2.48. The van der Waals surface area contributed by atoms with Crippen LogP contribution in [0.4, 0.5) is 5.69 Å². The quantitative estimate of drug-likeness (QED) is 0.829. The molecule has 0 saturated carbocycles. The van der Waals surface area contributed by atoms with Gasteiger partial charge in [-0.25, -0.2) is 4.98 Å². The Bertz CT molecular complexity index is 772. The Hall–Kier alpha value is -1.44. The van der Waals surface area contributed by atoms with E-state index in [0.29, 0.717) is 0 Å². The van der Waals surface area contributed by atoms with Gasteiger partial charge in [0.1, 0.15) is 5.75 Å². The van der Waals surface area contributed by atoms with Gasteiger partial charge in [-0.05, 0) is 19.9 Å². The predicted molar refractivity (Wildman–Crippen MR) is 81.5 cm³/mol. The lowest BCUT2D eigenvalue weighted by atomic mass is 10.3. The second kappa shape index (κ2) is 5.75. The Labute approximate surface area is 132 Å². The molecule has 0 atom stereocenters. The first-order chi connectivity index (χ1) is 9.70. The van der Waals surface area contributed by atoms with E-state index in [-0.39, 0.29) is 32.5 Å². The van der Waals surface area contributed by atoms with Gasteiger partial charge in [0.15, 0.2) is 5.03 Å². The van der Waals surface area contributed by atoms with E-state index < -0.39 is 10.0 Å². The number of aromatic hydroxyl groups is 1. The van der Waals surface area contributed by atoms with E-state index >= 15 is 0 Å². The summed E-state index contributed by atoms with van der Waals surface area (Å²) in [5, 5.41) is 9.82. The van der Waals surface area contributed by atoms with Gasteiger partial charge in [0.2, 0.25) is 0 Å². The van der Waals surface area contributed by atoms with Crippen molar-refractivity contribution in [3.05, 3.63) is 34.7 Å². The molecule has 6 nitrogen and oxygen atoms in total. The summed E-state index contributed by atoms with van der Waals surface area (Å²) >= 11 is 11.5. The van der Waals surface area contributed by atoms with E-state index in [1.54, 1.807) is 4.57 Å². The fourth-order valence-electron chi connectivity index (χ4n) is 1.55. The van der Waals surface area contributed by atoms with E-state index in [1.807, 2.05) is 13.8 Å². The van der Waals surface area contributed by atoms with Gasteiger partial charge in [0, 0.05) is 18.3 Å². The molecule has 0 amide bonds. The molecule has 114 valence electrons. The Morgan fingerprint density at radius 2 is 1.90 bits per heavy atom. The summed E-state index contributed by atoms with van der Waals surface area (Å²) in [5.74, 6) is -0.323. The van der Waals surface area contributed by atoms with Crippen molar-refractivity contribution in [1.82, 2.24) is 9.55 Å². The summed E-state index contributed by atoms with van der Waals surface area (Å²) in [6.07, 6.45) is 2.83. The van der Waals surface area contributed by atoms with E-state index in [9.17, 15) is 13.5 Å². The van der Waals surface area contributed by atoms with Crippen LogP contribution in [-0.4, -0.2) is 23.1 Å². The van der Waals surface area contributed by atoms with Gasteiger partial charge in [-0.15, -0.1) is 0 Å².